The van der Waals surface area contributed by atoms with Crippen LogP contribution in [-0.4, -0.2) is 54.1 Å². The molecule has 1 aromatic heterocycles. The van der Waals surface area contributed by atoms with Crippen molar-refractivity contribution in [3.63, 3.8) is 0 Å². The highest BCUT2D eigenvalue weighted by Gasteiger charge is 2.13. The molecule has 3 nitrogen and oxygen atoms in total. The van der Waals surface area contributed by atoms with Gasteiger partial charge in [-0.15, -0.1) is 0 Å². The Labute approximate surface area is 113 Å². The lowest BCUT2D eigenvalue weighted by Gasteiger charge is -2.32. The zero-order valence-corrected chi connectivity index (χ0v) is 11.3. The van der Waals surface area contributed by atoms with Crippen molar-refractivity contribution in [3.8, 4) is 0 Å². The van der Waals surface area contributed by atoms with Gasteiger partial charge in [-0.3, -0.25) is 4.90 Å². The summed E-state index contributed by atoms with van der Waals surface area (Å²) in [5.41, 5.74) is 1.12. The maximum Gasteiger partial charge on any atom is 0.123 e. The first-order valence-electron chi connectivity index (χ1n) is 6.88. The Balaban J connectivity index is 1.65. The van der Waals surface area contributed by atoms with Crippen molar-refractivity contribution in [3.05, 3.63) is 36.3 Å². The molecule has 0 N–H and O–H groups in total. The predicted molar refractivity (Wildman–Crippen MR) is 75.8 cm³/mol. The highest BCUT2D eigenvalue weighted by molar-refractivity contribution is 5.80. The van der Waals surface area contributed by atoms with Gasteiger partial charge in [-0.05, 0) is 31.3 Å². The van der Waals surface area contributed by atoms with E-state index in [1.807, 2.05) is 12.1 Å². The van der Waals surface area contributed by atoms with Crippen molar-refractivity contribution >= 4 is 10.9 Å². The summed E-state index contributed by atoms with van der Waals surface area (Å²) in [7, 11) is 2.17. The molecule has 1 aromatic carbocycles. The number of likely N-dealkylation sites (N-methyl/N-ethyl adjacent to an activating group) is 1. The minimum Gasteiger partial charge on any atom is -0.346 e. The van der Waals surface area contributed by atoms with Gasteiger partial charge in [0.15, 0.2) is 0 Å². The SMILES string of the molecule is CN1CCN(CCn2ccc3cc(F)ccc32)CC1. The minimum atomic E-state index is -0.163. The fourth-order valence-electron chi connectivity index (χ4n) is 2.69. The van der Waals surface area contributed by atoms with Gasteiger partial charge in [0, 0.05) is 56.4 Å². The van der Waals surface area contributed by atoms with Crippen LogP contribution >= 0.6 is 0 Å². The highest BCUT2D eigenvalue weighted by Crippen LogP contribution is 2.17. The van der Waals surface area contributed by atoms with Crippen LogP contribution in [0.5, 0.6) is 0 Å². The molecule has 0 amide bonds. The molecule has 0 spiro atoms. The second kappa shape index (κ2) is 5.31. The summed E-state index contributed by atoms with van der Waals surface area (Å²) in [6, 6.07) is 6.99. The Kier molecular flexibility index (Phi) is 3.53. The standard InChI is InChI=1S/C15H20FN3/c1-17-6-8-18(9-7-17)10-11-19-5-4-13-12-14(16)2-3-15(13)19/h2-5,12H,6-11H2,1H3. The summed E-state index contributed by atoms with van der Waals surface area (Å²) in [5, 5.41) is 0.985. The number of hydrogen-bond donors (Lipinski definition) is 0. The lowest BCUT2D eigenvalue weighted by molar-refractivity contribution is 0.150. The van der Waals surface area contributed by atoms with Crippen molar-refractivity contribution in [1.82, 2.24) is 14.4 Å². The molecule has 0 bridgehead atoms. The van der Waals surface area contributed by atoms with Crippen molar-refractivity contribution in [1.29, 1.82) is 0 Å². The van der Waals surface area contributed by atoms with Crippen LogP contribution in [0, 0.1) is 5.82 Å². The van der Waals surface area contributed by atoms with E-state index >= 15 is 0 Å². The molecule has 4 heteroatoms. The normalized spacial score (nSPS) is 18.2. The fraction of sp³-hybridized carbons (Fsp3) is 0.467. The van der Waals surface area contributed by atoms with Crippen LogP contribution in [-0.2, 0) is 6.54 Å². The second-order valence-electron chi connectivity index (χ2n) is 5.36. The molecule has 3 rings (SSSR count). The van der Waals surface area contributed by atoms with Gasteiger partial charge in [0.25, 0.3) is 0 Å². The van der Waals surface area contributed by atoms with Crippen molar-refractivity contribution in [2.45, 2.75) is 6.54 Å². The molecule has 102 valence electrons. The van der Waals surface area contributed by atoms with Crippen LogP contribution in [0.4, 0.5) is 4.39 Å². The van der Waals surface area contributed by atoms with Gasteiger partial charge in [0.1, 0.15) is 5.82 Å². The number of benzene rings is 1. The molecule has 1 saturated heterocycles. The van der Waals surface area contributed by atoms with Crippen LogP contribution in [0.25, 0.3) is 10.9 Å². The van der Waals surface area contributed by atoms with Crippen LogP contribution in [0.1, 0.15) is 0 Å². The molecule has 2 aromatic rings. The molecule has 0 saturated carbocycles. The van der Waals surface area contributed by atoms with Crippen molar-refractivity contribution < 1.29 is 4.39 Å². The van der Waals surface area contributed by atoms with E-state index in [4.69, 9.17) is 0 Å². The van der Waals surface area contributed by atoms with Crippen LogP contribution in [0.3, 0.4) is 0 Å². The van der Waals surface area contributed by atoms with Gasteiger partial charge in [-0.25, -0.2) is 4.39 Å². The molecule has 1 aliphatic heterocycles. The van der Waals surface area contributed by atoms with Gasteiger partial charge >= 0.3 is 0 Å². The zero-order valence-electron chi connectivity index (χ0n) is 11.3. The average molecular weight is 261 g/mol. The third-order valence-corrected chi connectivity index (χ3v) is 3.99. The molecular formula is C15H20FN3. The maximum atomic E-state index is 13.1. The van der Waals surface area contributed by atoms with Crippen LogP contribution < -0.4 is 0 Å². The summed E-state index contributed by atoms with van der Waals surface area (Å²) in [5.74, 6) is -0.163. The fourth-order valence-corrected chi connectivity index (χ4v) is 2.69. The molecule has 0 unspecified atom stereocenters. The first kappa shape index (κ1) is 12.6. The molecular weight excluding hydrogens is 241 g/mol. The van der Waals surface area contributed by atoms with Gasteiger partial charge < -0.3 is 9.47 Å². The largest absolute Gasteiger partial charge is 0.346 e. The first-order chi connectivity index (χ1) is 9.22. The summed E-state index contributed by atoms with van der Waals surface area (Å²) < 4.78 is 15.4. The molecule has 2 heterocycles. The van der Waals surface area contributed by atoms with E-state index in [2.05, 4.69) is 27.6 Å². The third kappa shape index (κ3) is 2.80. The number of piperazine rings is 1. The summed E-state index contributed by atoms with van der Waals surface area (Å²) >= 11 is 0. The molecule has 1 fully saturated rings. The maximum absolute atomic E-state index is 13.1. The minimum absolute atomic E-state index is 0.163. The molecule has 0 aliphatic carbocycles. The van der Waals surface area contributed by atoms with E-state index in [-0.39, 0.29) is 5.82 Å². The number of halogens is 1. The molecule has 0 atom stereocenters. The van der Waals surface area contributed by atoms with E-state index in [9.17, 15) is 4.39 Å². The summed E-state index contributed by atoms with van der Waals surface area (Å²) in [6.45, 7) is 6.62. The van der Waals surface area contributed by atoms with Gasteiger partial charge in [-0.2, -0.15) is 0 Å². The Morgan fingerprint density at radius 2 is 1.84 bits per heavy atom. The number of rotatable bonds is 3. The van der Waals surface area contributed by atoms with Gasteiger partial charge in [0.2, 0.25) is 0 Å². The van der Waals surface area contributed by atoms with Crippen LogP contribution in [0.2, 0.25) is 0 Å². The van der Waals surface area contributed by atoms with E-state index in [1.54, 1.807) is 6.07 Å². The molecule has 1 aliphatic rings. The molecule has 0 radical (unpaired) electrons. The monoisotopic (exact) mass is 261 g/mol. The van der Waals surface area contributed by atoms with Crippen LogP contribution in [0.15, 0.2) is 30.5 Å². The number of hydrogen-bond acceptors (Lipinski definition) is 2. The van der Waals surface area contributed by atoms with E-state index in [0.29, 0.717) is 0 Å². The van der Waals surface area contributed by atoms with E-state index in [0.717, 1.165) is 50.2 Å². The second-order valence-corrected chi connectivity index (χ2v) is 5.36. The highest BCUT2D eigenvalue weighted by atomic mass is 19.1. The van der Waals surface area contributed by atoms with Crippen molar-refractivity contribution in [2.24, 2.45) is 0 Å². The lowest BCUT2D eigenvalue weighted by atomic mass is 10.2. The summed E-state index contributed by atoms with van der Waals surface area (Å²) in [4.78, 5) is 4.86. The third-order valence-electron chi connectivity index (χ3n) is 3.99. The Hall–Kier alpha value is -1.39. The Bertz CT molecular complexity index is 556. The number of fused-ring (bicyclic) bond motifs is 1. The molecule has 19 heavy (non-hydrogen) atoms. The number of nitrogens with zero attached hydrogens (tertiary/aromatic N) is 3. The lowest BCUT2D eigenvalue weighted by Crippen LogP contribution is -2.45. The quantitative estimate of drug-likeness (QED) is 0.837. The van der Waals surface area contributed by atoms with E-state index in [1.165, 1.54) is 6.07 Å². The Morgan fingerprint density at radius 3 is 2.63 bits per heavy atom. The smallest absolute Gasteiger partial charge is 0.123 e. The van der Waals surface area contributed by atoms with E-state index < -0.39 is 0 Å². The number of aromatic nitrogens is 1. The van der Waals surface area contributed by atoms with Gasteiger partial charge in [-0.1, -0.05) is 0 Å². The topological polar surface area (TPSA) is 11.4 Å². The predicted octanol–water partition coefficient (Wildman–Crippen LogP) is 2.03. The summed E-state index contributed by atoms with van der Waals surface area (Å²) in [6.07, 6.45) is 2.06. The Morgan fingerprint density at radius 1 is 1.05 bits per heavy atom. The zero-order chi connectivity index (χ0) is 13.2. The van der Waals surface area contributed by atoms with Gasteiger partial charge in [0.05, 0.1) is 0 Å². The average Bonchev–Trinajstić information content (AvgIpc) is 2.80. The first-order valence-corrected chi connectivity index (χ1v) is 6.88. The van der Waals surface area contributed by atoms with Crippen molar-refractivity contribution in [2.75, 3.05) is 39.8 Å².